The molecule has 0 amide bonds. The second-order valence-electron chi connectivity index (χ2n) is 3.76. The molecule has 0 aliphatic rings. The molecule has 2 aromatic rings. The maximum atomic E-state index is 8.61. The van der Waals surface area contributed by atoms with E-state index in [1.54, 1.807) is 4.52 Å². The van der Waals surface area contributed by atoms with Crippen molar-refractivity contribution in [2.45, 2.75) is 19.8 Å². The largest absolute Gasteiger partial charge is 0.358 e. The van der Waals surface area contributed by atoms with E-state index in [0.29, 0.717) is 18.7 Å². The molecule has 6 nitrogen and oxygen atoms in total. The zero-order valence-corrected chi connectivity index (χ0v) is 9.96. The fourth-order valence-corrected chi connectivity index (χ4v) is 1.63. The Balaban J connectivity index is 2.43. The first kappa shape index (κ1) is 11.3. The molecule has 0 atom stereocenters. The van der Waals surface area contributed by atoms with Gasteiger partial charge in [-0.25, -0.2) is 4.98 Å². The molecule has 6 heteroatoms. The summed E-state index contributed by atoms with van der Waals surface area (Å²) in [6.07, 6.45) is 2.82. The summed E-state index contributed by atoms with van der Waals surface area (Å²) in [5.74, 6) is 1.52. The van der Waals surface area contributed by atoms with E-state index in [1.807, 2.05) is 24.9 Å². The van der Waals surface area contributed by atoms with Crippen LogP contribution in [-0.4, -0.2) is 33.2 Å². The van der Waals surface area contributed by atoms with E-state index < -0.39 is 0 Å². The van der Waals surface area contributed by atoms with E-state index in [9.17, 15) is 0 Å². The maximum Gasteiger partial charge on any atom is 0.254 e. The van der Waals surface area contributed by atoms with Crippen LogP contribution in [0.15, 0.2) is 12.4 Å². The standard InChI is InChI=1S/C11H14N6/c1-3-9-7-10(16(2)6-4-5-12)17-11(15-9)13-8-14-17/h7-8H,3-4,6H2,1-2H3. The van der Waals surface area contributed by atoms with Gasteiger partial charge in [-0.15, -0.1) is 0 Å². The molecule has 0 saturated carbocycles. The maximum absolute atomic E-state index is 8.61. The number of aromatic nitrogens is 4. The van der Waals surface area contributed by atoms with Crippen LogP contribution >= 0.6 is 0 Å². The lowest BCUT2D eigenvalue weighted by Gasteiger charge is -2.18. The second kappa shape index (κ2) is 4.78. The Labute approximate surface area is 99.5 Å². The zero-order chi connectivity index (χ0) is 12.3. The van der Waals surface area contributed by atoms with Gasteiger partial charge in [0.15, 0.2) is 0 Å². The molecule has 0 aliphatic carbocycles. The number of nitrogens with zero attached hydrogens (tertiary/aromatic N) is 6. The second-order valence-corrected chi connectivity index (χ2v) is 3.76. The van der Waals surface area contributed by atoms with Crippen LogP contribution in [0.4, 0.5) is 5.82 Å². The fourth-order valence-electron chi connectivity index (χ4n) is 1.63. The molecule has 0 N–H and O–H groups in total. The third-order valence-electron chi connectivity index (χ3n) is 2.60. The summed E-state index contributed by atoms with van der Waals surface area (Å²) in [7, 11) is 1.94. The lowest BCUT2D eigenvalue weighted by molar-refractivity contribution is 0.819. The highest BCUT2D eigenvalue weighted by Crippen LogP contribution is 2.15. The third kappa shape index (κ3) is 2.18. The van der Waals surface area contributed by atoms with E-state index in [-0.39, 0.29) is 0 Å². The summed E-state index contributed by atoms with van der Waals surface area (Å²) >= 11 is 0. The minimum atomic E-state index is 0.483. The van der Waals surface area contributed by atoms with Crippen molar-refractivity contribution >= 4 is 11.6 Å². The summed E-state index contributed by atoms with van der Waals surface area (Å²) < 4.78 is 1.69. The van der Waals surface area contributed by atoms with Crippen LogP contribution in [0.25, 0.3) is 5.78 Å². The Morgan fingerprint density at radius 3 is 3.06 bits per heavy atom. The molecule has 0 spiro atoms. The molecule has 2 aromatic heterocycles. The molecule has 2 rings (SSSR count). The molecule has 0 aliphatic heterocycles. The average Bonchev–Trinajstić information content (AvgIpc) is 2.82. The summed E-state index contributed by atoms with van der Waals surface area (Å²) in [4.78, 5) is 10.5. The van der Waals surface area contributed by atoms with Gasteiger partial charge in [0.25, 0.3) is 5.78 Å². The van der Waals surface area contributed by atoms with E-state index in [1.165, 1.54) is 6.33 Å². The quantitative estimate of drug-likeness (QED) is 0.784. The summed E-state index contributed by atoms with van der Waals surface area (Å²) in [5.41, 5.74) is 0.976. The monoisotopic (exact) mass is 230 g/mol. The first-order valence-electron chi connectivity index (χ1n) is 5.54. The first-order valence-corrected chi connectivity index (χ1v) is 5.54. The van der Waals surface area contributed by atoms with Gasteiger partial charge in [0, 0.05) is 25.4 Å². The van der Waals surface area contributed by atoms with Gasteiger partial charge in [0.05, 0.1) is 12.5 Å². The molecule has 0 saturated heterocycles. The average molecular weight is 230 g/mol. The predicted molar refractivity (Wildman–Crippen MR) is 63.7 cm³/mol. The molecular weight excluding hydrogens is 216 g/mol. The Bertz CT molecular complexity index is 553. The molecule has 88 valence electrons. The van der Waals surface area contributed by atoms with Crippen LogP contribution in [0, 0.1) is 11.3 Å². The number of hydrogen-bond donors (Lipinski definition) is 0. The van der Waals surface area contributed by atoms with Crippen LogP contribution in [-0.2, 0) is 6.42 Å². The topological polar surface area (TPSA) is 70.1 Å². The van der Waals surface area contributed by atoms with Gasteiger partial charge in [-0.05, 0) is 6.42 Å². The van der Waals surface area contributed by atoms with E-state index in [2.05, 4.69) is 21.1 Å². The predicted octanol–water partition coefficient (Wildman–Crippen LogP) is 1.04. The molecule has 0 unspecified atom stereocenters. The number of fused-ring (bicyclic) bond motifs is 1. The third-order valence-corrected chi connectivity index (χ3v) is 2.60. The van der Waals surface area contributed by atoms with Gasteiger partial charge in [0.2, 0.25) is 0 Å². The summed E-state index contributed by atoms with van der Waals surface area (Å²) in [6, 6.07) is 4.12. The van der Waals surface area contributed by atoms with Crippen LogP contribution in [0.2, 0.25) is 0 Å². The Morgan fingerprint density at radius 1 is 1.53 bits per heavy atom. The van der Waals surface area contributed by atoms with Gasteiger partial charge in [-0.1, -0.05) is 6.92 Å². The van der Waals surface area contributed by atoms with E-state index in [4.69, 9.17) is 5.26 Å². The van der Waals surface area contributed by atoms with Gasteiger partial charge in [-0.3, -0.25) is 0 Å². The van der Waals surface area contributed by atoms with Crippen molar-refractivity contribution < 1.29 is 0 Å². The van der Waals surface area contributed by atoms with Gasteiger partial charge >= 0.3 is 0 Å². The number of hydrogen-bond acceptors (Lipinski definition) is 5. The number of nitriles is 1. The zero-order valence-electron chi connectivity index (χ0n) is 9.96. The van der Waals surface area contributed by atoms with Gasteiger partial charge in [-0.2, -0.15) is 19.9 Å². The lowest BCUT2D eigenvalue weighted by Crippen LogP contribution is -2.21. The van der Waals surface area contributed by atoms with Crippen molar-refractivity contribution in [1.29, 1.82) is 5.26 Å². The van der Waals surface area contributed by atoms with Crippen molar-refractivity contribution in [2.75, 3.05) is 18.5 Å². The number of aryl methyl sites for hydroxylation is 1. The van der Waals surface area contributed by atoms with Crippen molar-refractivity contribution in [3.8, 4) is 6.07 Å². The van der Waals surface area contributed by atoms with Crippen molar-refractivity contribution in [3.05, 3.63) is 18.1 Å². The van der Waals surface area contributed by atoms with E-state index >= 15 is 0 Å². The minimum Gasteiger partial charge on any atom is -0.358 e. The van der Waals surface area contributed by atoms with Crippen LogP contribution in [0.5, 0.6) is 0 Å². The number of anilines is 1. The molecule has 17 heavy (non-hydrogen) atoms. The van der Waals surface area contributed by atoms with Crippen molar-refractivity contribution in [1.82, 2.24) is 19.6 Å². The Hall–Kier alpha value is -2.16. The highest BCUT2D eigenvalue weighted by atomic mass is 15.4. The van der Waals surface area contributed by atoms with Crippen molar-refractivity contribution in [2.24, 2.45) is 0 Å². The molecule has 2 heterocycles. The number of rotatable bonds is 4. The fraction of sp³-hybridized carbons (Fsp3) is 0.455. The summed E-state index contributed by atoms with van der Waals surface area (Å²) in [6.45, 7) is 2.72. The first-order chi connectivity index (χ1) is 8.26. The lowest BCUT2D eigenvalue weighted by atomic mass is 10.3. The van der Waals surface area contributed by atoms with Crippen LogP contribution in [0.1, 0.15) is 19.0 Å². The highest BCUT2D eigenvalue weighted by Gasteiger charge is 2.10. The van der Waals surface area contributed by atoms with Crippen LogP contribution in [0.3, 0.4) is 0 Å². The van der Waals surface area contributed by atoms with Crippen LogP contribution < -0.4 is 4.90 Å². The molecule has 0 bridgehead atoms. The van der Waals surface area contributed by atoms with E-state index in [0.717, 1.165) is 17.9 Å². The Kier molecular flexibility index (Phi) is 3.19. The van der Waals surface area contributed by atoms with Crippen molar-refractivity contribution in [3.63, 3.8) is 0 Å². The smallest absolute Gasteiger partial charge is 0.254 e. The molecular formula is C11H14N6. The molecule has 0 radical (unpaired) electrons. The SMILES string of the molecule is CCc1cc(N(C)CCC#N)n2ncnc2n1. The summed E-state index contributed by atoms with van der Waals surface area (Å²) in [5, 5.41) is 12.8. The normalized spacial score (nSPS) is 10.4. The Morgan fingerprint density at radius 2 is 2.35 bits per heavy atom. The molecule has 0 aromatic carbocycles. The highest BCUT2D eigenvalue weighted by molar-refractivity contribution is 5.46. The molecule has 0 fully saturated rings. The van der Waals surface area contributed by atoms with Gasteiger partial charge in [0.1, 0.15) is 12.1 Å². The minimum absolute atomic E-state index is 0.483. The van der Waals surface area contributed by atoms with Gasteiger partial charge < -0.3 is 4.90 Å².